The summed E-state index contributed by atoms with van der Waals surface area (Å²) >= 11 is 0. The van der Waals surface area contributed by atoms with Gasteiger partial charge in [-0.1, -0.05) is 6.92 Å². The molecule has 98 valence electrons. The van der Waals surface area contributed by atoms with Gasteiger partial charge in [-0.3, -0.25) is 4.79 Å². The van der Waals surface area contributed by atoms with Crippen LogP contribution in [0.3, 0.4) is 0 Å². The first-order valence-electron chi connectivity index (χ1n) is 5.98. The molecule has 2 amide bonds. The molecule has 0 spiro atoms. The predicted molar refractivity (Wildman–Crippen MR) is 61.7 cm³/mol. The lowest BCUT2D eigenvalue weighted by Crippen LogP contribution is -2.48. The van der Waals surface area contributed by atoms with Crippen molar-refractivity contribution in [3.05, 3.63) is 0 Å². The van der Waals surface area contributed by atoms with Crippen LogP contribution in [0.5, 0.6) is 0 Å². The monoisotopic (exact) mass is 244 g/mol. The third-order valence-corrected chi connectivity index (χ3v) is 3.09. The number of carbonyl (C=O) groups excluding carboxylic acids is 1. The molecular formula is C11H20N2O4. The number of aliphatic hydroxyl groups is 1. The highest BCUT2D eigenvalue weighted by Crippen LogP contribution is 2.16. The largest absolute Gasteiger partial charge is 0.481 e. The Balaban J connectivity index is 2.49. The van der Waals surface area contributed by atoms with E-state index >= 15 is 0 Å². The van der Waals surface area contributed by atoms with Crippen LogP contribution >= 0.6 is 0 Å². The van der Waals surface area contributed by atoms with Crippen molar-refractivity contribution in [1.29, 1.82) is 0 Å². The molecule has 0 radical (unpaired) electrons. The zero-order chi connectivity index (χ0) is 12.8. The fourth-order valence-electron chi connectivity index (χ4n) is 2.06. The van der Waals surface area contributed by atoms with Gasteiger partial charge >= 0.3 is 12.0 Å². The zero-order valence-corrected chi connectivity index (χ0v) is 10.1. The number of hydrogen-bond donors (Lipinski definition) is 3. The van der Waals surface area contributed by atoms with E-state index in [4.69, 9.17) is 10.2 Å². The van der Waals surface area contributed by atoms with Gasteiger partial charge in [-0.15, -0.1) is 0 Å². The number of nitrogens with one attached hydrogen (secondary N) is 1. The Bertz CT molecular complexity index is 283. The van der Waals surface area contributed by atoms with Gasteiger partial charge in [-0.25, -0.2) is 4.79 Å². The predicted octanol–water partition coefficient (Wildman–Crippen LogP) is 0.406. The summed E-state index contributed by atoms with van der Waals surface area (Å²) in [4.78, 5) is 24.1. The van der Waals surface area contributed by atoms with Gasteiger partial charge in [0.15, 0.2) is 0 Å². The van der Waals surface area contributed by atoms with Crippen LogP contribution in [-0.4, -0.2) is 52.3 Å². The summed E-state index contributed by atoms with van der Waals surface area (Å²) in [6, 6.07) is -0.744. The van der Waals surface area contributed by atoms with E-state index in [2.05, 4.69) is 5.32 Å². The smallest absolute Gasteiger partial charge is 0.317 e. The van der Waals surface area contributed by atoms with Crippen molar-refractivity contribution in [2.75, 3.05) is 13.2 Å². The van der Waals surface area contributed by atoms with Gasteiger partial charge in [-0.2, -0.15) is 0 Å². The Morgan fingerprint density at radius 1 is 1.53 bits per heavy atom. The van der Waals surface area contributed by atoms with Crippen LogP contribution in [0.1, 0.15) is 32.6 Å². The SMILES string of the molecule is CCC(CC(=O)O)NC(=O)N1CCCC1CO. The molecule has 0 aromatic carbocycles. The molecule has 2 atom stereocenters. The van der Waals surface area contributed by atoms with E-state index in [-0.39, 0.29) is 31.1 Å². The topological polar surface area (TPSA) is 89.9 Å². The summed E-state index contributed by atoms with van der Waals surface area (Å²) in [6.07, 6.45) is 2.20. The number of nitrogens with zero attached hydrogens (tertiary/aromatic N) is 1. The number of aliphatic hydroxyl groups excluding tert-OH is 1. The maximum absolute atomic E-state index is 11.9. The number of likely N-dealkylation sites (tertiary alicyclic amines) is 1. The van der Waals surface area contributed by atoms with E-state index in [0.717, 1.165) is 12.8 Å². The van der Waals surface area contributed by atoms with Gasteiger partial charge < -0.3 is 20.4 Å². The lowest BCUT2D eigenvalue weighted by Gasteiger charge is -2.26. The van der Waals surface area contributed by atoms with Crippen LogP contribution in [0.15, 0.2) is 0 Å². The van der Waals surface area contributed by atoms with E-state index < -0.39 is 5.97 Å². The Labute approximate surface area is 101 Å². The minimum atomic E-state index is -0.919. The number of carboxylic acid groups (broad SMARTS) is 1. The maximum atomic E-state index is 11.9. The van der Waals surface area contributed by atoms with Gasteiger partial charge in [0, 0.05) is 12.6 Å². The Morgan fingerprint density at radius 3 is 2.76 bits per heavy atom. The number of carbonyl (C=O) groups is 2. The second-order valence-electron chi connectivity index (χ2n) is 4.32. The van der Waals surface area contributed by atoms with Gasteiger partial charge in [0.1, 0.15) is 0 Å². The van der Waals surface area contributed by atoms with Crippen LogP contribution in [0.4, 0.5) is 4.79 Å². The third-order valence-electron chi connectivity index (χ3n) is 3.09. The zero-order valence-electron chi connectivity index (χ0n) is 10.1. The average molecular weight is 244 g/mol. The van der Waals surface area contributed by atoms with E-state index in [1.54, 1.807) is 4.90 Å². The third kappa shape index (κ3) is 3.89. The summed E-state index contributed by atoms with van der Waals surface area (Å²) < 4.78 is 0. The average Bonchev–Trinajstić information content (AvgIpc) is 2.75. The summed E-state index contributed by atoms with van der Waals surface area (Å²) in [5.41, 5.74) is 0. The Hall–Kier alpha value is -1.30. The number of urea groups is 1. The second-order valence-corrected chi connectivity index (χ2v) is 4.32. The second kappa shape index (κ2) is 6.44. The van der Waals surface area contributed by atoms with Crippen LogP contribution in [0.25, 0.3) is 0 Å². The van der Waals surface area contributed by atoms with Crippen molar-refractivity contribution in [3.63, 3.8) is 0 Å². The van der Waals surface area contributed by atoms with E-state index in [0.29, 0.717) is 13.0 Å². The molecule has 0 saturated carbocycles. The molecule has 3 N–H and O–H groups in total. The minimum Gasteiger partial charge on any atom is -0.481 e. The first kappa shape index (κ1) is 13.8. The van der Waals surface area contributed by atoms with Gasteiger partial charge in [-0.05, 0) is 19.3 Å². The first-order valence-corrected chi connectivity index (χ1v) is 5.98. The van der Waals surface area contributed by atoms with Gasteiger partial charge in [0.2, 0.25) is 0 Å². The lowest BCUT2D eigenvalue weighted by atomic mass is 10.1. The van der Waals surface area contributed by atoms with Crippen molar-refractivity contribution >= 4 is 12.0 Å². The summed E-state index contributed by atoms with van der Waals surface area (Å²) in [7, 11) is 0. The summed E-state index contributed by atoms with van der Waals surface area (Å²) in [6.45, 7) is 2.42. The molecule has 0 aliphatic carbocycles. The molecule has 0 bridgehead atoms. The van der Waals surface area contributed by atoms with Crippen LogP contribution in [0, 0.1) is 0 Å². The molecule has 6 nitrogen and oxygen atoms in total. The molecule has 1 aliphatic rings. The van der Waals surface area contributed by atoms with Crippen molar-refractivity contribution in [3.8, 4) is 0 Å². The molecule has 1 rings (SSSR count). The van der Waals surface area contributed by atoms with Crippen molar-refractivity contribution in [2.45, 2.75) is 44.7 Å². The molecule has 1 saturated heterocycles. The highest BCUT2D eigenvalue weighted by molar-refractivity contribution is 5.76. The molecule has 1 aliphatic heterocycles. The van der Waals surface area contributed by atoms with Crippen LogP contribution in [-0.2, 0) is 4.79 Å². The van der Waals surface area contributed by atoms with Gasteiger partial charge in [0.25, 0.3) is 0 Å². The number of hydrogen-bond acceptors (Lipinski definition) is 3. The van der Waals surface area contributed by atoms with E-state index in [9.17, 15) is 9.59 Å². The molecule has 0 aromatic heterocycles. The Kier molecular flexibility index (Phi) is 5.21. The van der Waals surface area contributed by atoms with Gasteiger partial charge in [0.05, 0.1) is 19.1 Å². The molecular weight excluding hydrogens is 224 g/mol. The molecule has 17 heavy (non-hydrogen) atoms. The van der Waals surface area contributed by atoms with Crippen LogP contribution < -0.4 is 5.32 Å². The van der Waals surface area contributed by atoms with E-state index in [1.807, 2.05) is 6.92 Å². The standard InChI is InChI=1S/C11H20N2O4/c1-2-8(6-10(15)16)12-11(17)13-5-3-4-9(13)7-14/h8-9,14H,2-7H2,1H3,(H,12,17)(H,15,16). The lowest BCUT2D eigenvalue weighted by molar-refractivity contribution is -0.137. The fraction of sp³-hybridized carbons (Fsp3) is 0.818. The normalized spacial score (nSPS) is 21.3. The number of rotatable bonds is 5. The number of amides is 2. The number of carboxylic acids is 1. The Morgan fingerprint density at radius 2 is 2.24 bits per heavy atom. The number of aliphatic carboxylic acids is 1. The molecule has 1 heterocycles. The highest BCUT2D eigenvalue weighted by Gasteiger charge is 2.29. The molecule has 6 heteroatoms. The first-order chi connectivity index (χ1) is 8.08. The van der Waals surface area contributed by atoms with Crippen LogP contribution in [0.2, 0.25) is 0 Å². The van der Waals surface area contributed by atoms with Crippen molar-refractivity contribution in [2.24, 2.45) is 0 Å². The molecule has 2 unspecified atom stereocenters. The van der Waals surface area contributed by atoms with E-state index in [1.165, 1.54) is 0 Å². The fourth-order valence-corrected chi connectivity index (χ4v) is 2.06. The highest BCUT2D eigenvalue weighted by atomic mass is 16.4. The minimum absolute atomic E-state index is 0.0385. The van der Waals surface area contributed by atoms with Crippen molar-refractivity contribution < 1.29 is 19.8 Å². The quantitative estimate of drug-likeness (QED) is 0.653. The van der Waals surface area contributed by atoms with Crippen molar-refractivity contribution in [1.82, 2.24) is 10.2 Å². The molecule has 0 aromatic rings. The maximum Gasteiger partial charge on any atom is 0.317 e. The molecule has 1 fully saturated rings. The summed E-state index contributed by atoms with van der Waals surface area (Å²) in [5.74, 6) is -0.919. The summed E-state index contributed by atoms with van der Waals surface area (Å²) in [5, 5.41) is 20.5.